The number of hydrogen-bond donors (Lipinski definition) is 1. The van der Waals surface area contributed by atoms with Gasteiger partial charge in [-0.25, -0.2) is 5.43 Å². The first-order chi connectivity index (χ1) is 13.7. The van der Waals surface area contributed by atoms with Crippen LogP contribution in [0.4, 0.5) is 0 Å². The van der Waals surface area contributed by atoms with E-state index in [2.05, 4.69) is 31.4 Å². The molecule has 1 aromatic heterocycles. The largest absolute Gasteiger partial charge is 0.493 e. The Labute approximate surface area is 171 Å². The van der Waals surface area contributed by atoms with Crippen molar-refractivity contribution < 1.29 is 14.3 Å². The Bertz CT molecular complexity index is 963. The van der Waals surface area contributed by atoms with Crippen LogP contribution in [0.15, 0.2) is 76.4 Å². The molecular formula is C21H18BrN3O3. The van der Waals surface area contributed by atoms with Crippen LogP contribution in [0.1, 0.15) is 21.6 Å². The van der Waals surface area contributed by atoms with Crippen LogP contribution in [-0.2, 0) is 6.61 Å². The number of benzene rings is 2. The summed E-state index contributed by atoms with van der Waals surface area (Å²) in [5.74, 6) is 0.785. The van der Waals surface area contributed by atoms with Gasteiger partial charge < -0.3 is 9.47 Å². The molecule has 0 unspecified atom stereocenters. The number of methoxy groups -OCH3 is 1. The van der Waals surface area contributed by atoms with Crippen molar-refractivity contribution >= 4 is 28.1 Å². The standard InChI is InChI=1S/C21H18BrN3O3/c1-27-19-11-16(13-24-25-21(26)18-9-5-6-10-23-18)17(22)12-20(19)28-14-15-7-3-2-4-8-15/h2-13H,14H2,1H3,(H,25,26)/b24-13+. The number of ether oxygens (including phenoxy) is 2. The molecule has 3 aromatic rings. The number of halogens is 1. The molecule has 1 amide bonds. The minimum atomic E-state index is -0.386. The first kappa shape index (κ1) is 19.6. The normalized spacial score (nSPS) is 10.6. The molecular weight excluding hydrogens is 422 g/mol. The third-order valence-corrected chi connectivity index (χ3v) is 4.47. The maximum absolute atomic E-state index is 12.0. The average molecular weight is 440 g/mol. The molecule has 7 heteroatoms. The highest BCUT2D eigenvalue weighted by molar-refractivity contribution is 9.10. The van der Waals surface area contributed by atoms with Crippen molar-refractivity contribution in [1.29, 1.82) is 0 Å². The van der Waals surface area contributed by atoms with Gasteiger partial charge in [0.1, 0.15) is 12.3 Å². The van der Waals surface area contributed by atoms with E-state index in [4.69, 9.17) is 9.47 Å². The van der Waals surface area contributed by atoms with Gasteiger partial charge in [-0.2, -0.15) is 5.10 Å². The SMILES string of the molecule is COc1cc(/C=N/NC(=O)c2ccccn2)c(Br)cc1OCc1ccccc1. The molecule has 0 aliphatic heterocycles. The zero-order valence-corrected chi connectivity index (χ0v) is 16.7. The number of rotatable bonds is 7. The minimum absolute atomic E-state index is 0.293. The molecule has 1 heterocycles. The highest BCUT2D eigenvalue weighted by Gasteiger charge is 2.10. The van der Waals surface area contributed by atoms with Crippen LogP contribution in [0.5, 0.6) is 11.5 Å². The van der Waals surface area contributed by atoms with E-state index >= 15 is 0 Å². The summed E-state index contributed by atoms with van der Waals surface area (Å²) in [6.07, 6.45) is 3.07. The van der Waals surface area contributed by atoms with Crippen molar-refractivity contribution in [3.8, 4) is 11.5 Å². The predicted molar refractivity (Wildman–Crippen MR) is 111 cm³/mol. The average Bonchev–Trinajstić information content (AvgIpc) is 2.74. The molecule has 3 rings (SSSR count). The Morgan fingerprint density at radius 2 is 1.93 bits per heavy atom. The third-order valence-electron chi connectivity index (χ3n) is 3.79. The monoisotopic (exact) mass is 439 g/mol. The van der Waals surface area contributed by atoms with E-state index < -0.39 is 0 Å². The number of pyridine rings is 1. The highest BCUT2D eigenvalue weighted by atomic mass is 79.9. The zero-order valence-electron chi connectivity index (χ0n) is 15.1. The fraction of sp³-hybridized carbons (Fsp3) is 0.0952. The molecule has 0 atom stereocenters. The lowest BCUT2D eigenvalue weighted by molar-refractivity contribution is 0.0950. The molecule has 0 saturated heterocycles. The van der Waals surface area contributed by atoms with Gasteiger partial charge >= 0.3 is 0 Å². The van der Waals surface area contributed by atoms with Gasteiger partial charge in [-0.05, 0) is 45.8 Å². The van der Waals surface area contributed by atoms with Crippen molar-refractivity contribution in [2.75, 3.05) is 7.11 Å². The second kappa shape index (κ2) is 9.66. The molecule has 0 aliphatic rings. The Morgan fingerprint density at radius 1 is 1.14 bits per heavy atom. The number of hydrazone groups is 1. The van der Waals surface area contributed by atoms with Crippen LogP contribution in [0, 0.1) is 0 Å². The van der Waals surface area contributed by atoms with Crippen molar-refractivity contribution in [2.45, 2.75) is 6.61 Å². The van der Waals surface area contributed by atoms with Gasteiger partial charge in [0.15, 0.2) is 11.5 Å². The Balaban J connectivity index is 1.69. The summed E-state index contributed by atoms with van der Waals surface area (Å²) in [5, 5.41) is 3.99. The van der Waals surface area contributed by atoms with E-state index in [1.807, 2.05) is 36.4 Å². The third kappa shape index (κ3) is 5.17. The summed E-state index contributed by atoms with van der Waals surface area (Å²) < 4.78 is 12.1. The number of nitrogens with one attached hydrogen (secondary N) is 1. The van der Waals surface area contributed by atoms with Gasteiger partial charge in [0.2, 0.25) is 0 Å². The molecule has 1 N–H and O–H groups in total. The van der Waals surface area contributed by atoms with Gasteiger partial charge in [-0.15, -0.1) is 0 Å². The molecule has 2 aromatic carbocycles. The van der Waals surface area contributed by atoms with Crippen molar-refractivity contribution in [3.05, 3.63) is 88.2 Å². The van der Waals surface area contributed by atoms with Gasteiger partial charge in [-0.3, -0.25) is 9.78 Å². The lowest BCUT2D eigenvalue weighted by Crippen LogP contribution is -2.18. The quantitative estimate of drug-likeness (QED) is 0.442. The number of hydrogen-bond acceptors (Lipinski definition) is 5. The van der Waals surface area contributed by atoms with Crippen LogP contribution in [0.3, 0.4) is 0 Å². The molecule has 0 fully saturated rings. The molecule has 0 saturated carbocycles. The van der Waals surface area contributed by atoms with Crippen molar-refractivity contribution in [3.63, 3.8) is 0 Å². The first-order valence-corrected chi connectivity index (χ1v) is 9.25. The Hall–Kier alpha value is -3.19. The van der Waals surface area contributed by atoms with E-state index in [1.54, 1.807) is 37.6 Å². The van der Waals surface area contributed by atoms with Gasteiger partial charge in [0.25, 0.3) is 5.91 Å². The fourth-order valence-corrected chi connectivity index (χ4v) is 2.80. The summed E-state index contributed by atoms with van der Waals surface area (Å²) in [7, 11) is 1.57. The maximum Gasteiger partial charge on any atom is 0.289 e. The lowest BCUT2D eigenvalue weighted by atomic mass is 10.2. The van der Waals surface area contributed by atoms with E-state index in [1.165, 1.54) is 6.21 Å². The summed E-state index contributed by atoms with van der Waals surface area (Å²) in [5.41, 5.74) is 4.53. The van der Waals surface area contributed by atoms with Crippen molar-refractivity contribution in [1.82, 2.24) is 10.4 Å². The second-order valence-electron chi connectivity index (χ2n) is 5.71. The Kier molecular flexibility index (Phi) is 6.75. The predicted octanol–water partition coefficient (Wildman–Crippen LogP) is 4.20. The van der Waals surface area contributed by atoms with Crippen LogP contribution >= 0.6 is 15.9 Å². The van der Waals surface area contributed by atoms with E-state index in [9.17, 15) is 4.79 Å². The zero-order chi connectivity index (χ0) is 19.8. The number of nitrogens with zero attached hydrogens (tertiary/aromatic N) is 2. The highest BCUT2D eigenvalue weighted by Crippen LogP contribution is 2.33. The molecule has 142 valence electrons. The molecule has 28 heavy (non-hydrogen) atoms. The van der Waals surface area contributed by atoms with Crippen LogP contribution < -0.4 is 14.9 Å². The second-order valence-corrected chi connectivity index (χ2v) is 6.57. The van der Waals surface area contributed by atoms with Crippen LogP contribution in [-0.4, -0.2) is 24.2 Å². The van der Waals surface area contributed by atoms with Crippen LogP contribution in [0.2, 0.25) is 0 Å². The number of amides is 1. The molecule has 6 nitrogen and oxygen atoms in total. The van der Waals surface area contributed by atoms with Crippen molar-refractivity contribution in [2.24, 2.45) is 5.10 Å². The van der Waals surface area contributed by atoms with E-state index in [0.29, 0.717) is 23.8 Å². The van der Waals surface area contributed by atoms with E-state index in [0.717, 1.165) is 15.6 Å². The maximum atomic E-state index is 12.0. The van der Waals surface area contributed by atoms with E-state index in [-0.39, 0.29) is 5.91 Å². The minimum Gasteiger partial charge on any atom is -0.493 e. The van der Waals surface area contributed by atoms with Crippen LogP contribution in [0.25, 0.3) is 0 Å². The molecule has 0 radical (unpaired) electrons. The topological polar surface area (TPSA) is 72.8 Å². The summed E-state index contributed by atoms with van der Waals surface area (Å²) in [6.45, 7) is 0.428. The number of aromatic nitrogens is 1. The van der Waals surface area contributed by atoms with Gasteiger partial charge in [-0.1, -0.05) is 36.4 Å². The summed E-state index contributed by atoms with van der Waals surface area (Å²) in [4.78, 5) is 15.9. The smallest absolute Gasteiger partial charge is 0.289 e. The molecule has 0 bridgehead atoms. The molecule has 0 spiro atoms. The fourth-order valence-electron chi connectivity index (χ4n) is 2.37. The number of carbonyl (C=O) groups is 1. The summed E-state index contributed by atoms with van der Waals surface area (Å²) >= 11 is 3.50. The van der Waals surface area contributed by atoms with Gasteiger partial charge in [0.05, 0.1) is 13.3 Å². The molecule has 0 aliphatic carbocycles. The number of carbonyl (C=O) groups excluding carboxylic acids is 1. The summed E-state index contributed by atoms with van der Waals surface area (Å²) in [6, 6.07) is 18.6. The Morgan fingerprint density at radius 3 is 2.64 bits per heavy atom. The lowest BCUT2D eigenvalue weighted by Gasteiger charge is -2.12. The van der Waals surface area contributed by atoms with Gasteiger partial charge in [0, 0.05) is 16.2 Å². The first-order valence-electron chi connectivity index (χ1n) is 8.46.